The lowest BCUT2D eigenvalue weighted by Crippen LogP contribution is -2.52. The molecule has 1 heterocycles. The van der Waals surface area contributed by atoms with Crippen LogP contribution in [0.15, 0.2) is 18.2 Å². The van der Waals surface area contributed by atoms with Gasteiger partial charge in [0.1, 0.15) is 5.82 Å². The van der Waals surface area contributed by atoms with Gasteiger partial charge in [0.05, 0.1) is 23.7 Å². The van der Waals surface area contributed by atoms with Crippen molar-refractivity contribution in [1.82, 2.24) is 4.90 Å². The fraction of sp³-hybridized carbons (Fsp3) is 0.533. The van der Waals surface area contributed by atoms with E-state index in [0.717, 1.165) is 12.8 Å². The maximum atomic E-state index is 13.7. The lowest BCUT2D eigenvalue weighted by molar-refractivity contribution is -0.117. The van der Waals surface area contributed by atoms with Crippen LogP contribution in [0.25, 0.3) is 0 Å². The van der Waals surface area contributed by atoms with E-state index >= 15 is 0 Å². The van der Waals surface area contributed by atoms with E-state index in [1.165, 1.54) is 18.2 Å². The Morgan fingerprint density at radius 1 is 1.39 bits per heavy atom. The van der Waals surface area contributed by atoms with Gasteiger partial charge in [-0.05, 0) is 37.0 Å². The minimum absolute atomic E-state index is 0.0371. The van der Waals surface area contributed by atoms with Gasteiger partial charge >= 0.3 is 0 Å². The number of carbonyl (C=O) groups is 1. The molecule has 2 aliphatic rings. The van der Waals surface area contributed by atoms with Crippen LogP contribution in [0, 0.1) is 11.7 Å². The first-order chi connectivity index (χ1) is 10.8. The van der Waals surface area contributed by atoms with E-state index in [1.807, 2.05) is 4.90 Å². The van der Waals surface area contributed by atoms with Crippen LogP contribution in [0.2, 0.25) is 5.02 Å². The highest BCUT2D eigenvalue weighted by molar-refractivity contribution is 7.91. The van der Waals surface area contributed by atoms with E-state index < -0.39 is 15.7 Å². The smallest absolute Gasteiger partial charge is 0.238 e. The first kappa shape index (κ1) is 16.7. The van der Waals surface area contributed by atoms with Crippen LogP contribution < -0.4 is 5.32 Å². The zero-order valence-electron chi connectivity index (χ0n) is 12.5. The van der Waals surface area contributed by atoms with Crippen LogP contribution in [0.5, 0.6) is 0 Å². The van der Waals surface area contributed by atoms with Crippen LogP contribution in [0.4, 0.5) is 10.1 Å². The number of rotatable bonds is 4. The summed E-state index contributed by atoms with van der Waals surface area (Å²) in [6, 6.07) is 3.85. The minimum atomic E-state index is -3.03. The Bertz CT molecular complexity index is 721. The monoisotopic (exact) mass is 360 g/mol. The SMILES string of the molecule is O=C(CN1CCS(=O)(=O)C[C@H]1C1CC1)Nc1cc(Cl)ccc1F. The summed E-state index contributed by atoms with van der Waals surface area (Å²) in [5, 5.41) is 2.84. The quantitative estimate of drug-likeness (QED) is 0.891. The number of hydrogen-bond acceptors (Lipinski definition) is 4. The number of nitrogens with one attached hydrogen (secondary N) is 1. The van der Waals surface area contributed by atoms with E-state index in [-0.39, 0.29) is 35.7 Å². The second kappa shape index (κ2) is 6.37. The molecule has 3 rings (SSSR count). The summed E-state index contributed by atoms with van der Waals surface area (Å²) in [7, 11) is -3.03. The molecule has 0 unspecified atom stereocenters. The van der Waals surface area contributed by atoms with Gasteiger partial charge in [-0.2, -0.15) is 0 Å². The number of halogens is 2. The normalized spacial score (nSPS) is 24.3. The summed E-state index contributed by atoms with van der Waals surface area (Å²) < 4.78 is 37.3. The van der Waals surface area contributed by atoms with Gasteiger partial charge in [-0.3, -0.25) is 9.69 Å². The van der Waals surface area contributed by atoms with E-state index in [2.05, 4.69) is 5.32 Å². The molecule has 1 saturated heterocycles. The third kappa shape index (κ3) is 4.22. The van der Waals surface area contributed by atoms with Gasteiger partial charge in [0.2, 0.25) is 5.91 Å². The van der Waals surface area contributed by atoms with E-state index in [4.69, 9.17) is 11.6 Å². The van der Waals surface area contributed by atoms with Crippen molar-refractivity contribution >= 4 is 33.0 Å². The Hall–Kier alpha value is -1.18. The van der Waals surface area contributed by atoms with Crippen LogP contribution in [0.3, 0.4) is 0 Å². The lowest BCUT2D eigenvalue weighted by atomic mass is 10.1. The first-order valence-electron chi connectivity index (χ1n) is 7.53. The molecule has 23 heavy (non-hydrogen) atoms. The average molecular weight is 361 g/mol. The molecule has 2 fully saturated rings. The molecule has 1 N–H and O–H groups in total. The highest BCUT2D eigenvalue weighted by Crippen LogP contribution is 2.37. The second-order valence-corrected chi connectivity index (χ2v) is 8.83. The Morgan fingerprint density at radius 3 is 2.83 bits per heavy atom. The average Bonchev–Trinajstić information content (AvgIpc) is 3.29. The molecular weight excluding hydrogens is 343 g/mol. The largest absolute Gasteiger partial charge is 0.322 e. The van der Waals surface area contributed by atoms with Gasteiger partial charge in [0, 0.05) is 17.6 Å². The Labute approximate surface area is 139 Å². The van der Waals surface area contributed by atoms with Crippen LogP contribution in [-0.2, 0) is 14.6 Å². The molecule has 0 radical (unpaired) electrons. The number of benzene rings is 1. The molecule has 1 amide bonds. The molecule has 0 bridgehead atoms. The predicted octanol–water partition coefficient (Wildman–Crippen LogP) is 1.93. The molecule has 1 aliphatic carbocycles. The highest BCUT2D eigenvalue weighted by Gasteiger charge is 2.41. The lowest BCUT2D eigenvalue weighted by Gasteiger charge is -2.35. The maximum absolute atomic E-state index is 13.7. The summed E-state index contributed by atoms with van der Waals surface area (Å²) in [4.78, 5) is 14.1. The van der Waals surface area contributed by atoms with Crippen molar-refractivity contribution in [3.63, 3.8) is 0 Å². The number of hydrogen-bond donors (Lipinski definition) is 1. The van der Waals surface area contributed by atoms with Crippen molar-refractivity contribution in [1.29, 1.82) is 0 Å². The molecule has 1 atom stereocenters. The van der Waals surface area contributed by atoms with Crippen molar-refractivity contribution in [2.45, 2.75) is 18.9 Å². The molecular formula is C15H18ClFN2O3S. The van der Waals surface area contributed by atoms with Gasteiger partial charge in [-0.1, -0.05) is 11.6 Å². The summed E-state index contributed by atoms with van der Waals surface area (Å²) in [5.41, 5.74) is 0.0371. The standard InChI is InChI=1S/C15H18ClFN2O3S/c16-11-3-4-12(17)13(7-11)18-15(20)8-19-5-6-23(21,22)9-14(19)10-1-2-10/h3-4,7,10,14H,1-2,5-6,8-9H2,(H,18,20)/t14-/m0/s1. The van der Waals surface area contributed by atoms with Crippen molar-refractivity contribution in [2.24, 2.45) is 5.92 Å². The molecule has 1 aromatic rings. The summed E-state index contributed by atoms with van der Waals surface area (Å²) in [5.74, 6) is -0.398. The summed E-state index contributed by atoms with van der Waals surface area (Å²) in [6.07, 6.45) is 2.00. The highest BCUT2D eigenvalue weighted by atomic mass is 35.5. The molecule has 126 valence electrons. The number of nitrogens with zero attached hydrogens (tertiary/aromatic N) is 1. The first-order valence-corrected chi connectivity index (χ1v) is 9.73. The number of carbonyl (C=O) groups excluding carboxylic acids is 1. The van der Waals surface area contributed by atoms with Gasteiger partial charge in [0.25, 0.3) is 0 Å². The molecule has 5 nitrogen and oxygen atoms in total. The predicted molar refractivity (Wildman–Crippen MR) is 86.8 cm³/mol. The molecule has 0 aromatic heterocycles. The van der Waals surface area contributed by atoms with Crippen molar-refractivity contribution in [2.75, 3.05) is 29.9 Å². The van der Waals surface area contributed by atoms with Crippen LogP contribution >= 0.6 is 11.6 Å². The topological polar surface area (TPSA) is 66.5 Å². The second-order valence-electron chi connectivity index (χ2n) is 6.16. The summed E-state index contributed by atoms with van der Waals surface area (Å²) >= 11 is 5.80. The van der Waals surface area contributed by atoms with Crippen LogP contribution in [0.1, 0.15) is 12.8 Å². The van der Waals surface area contributed by atoms with E-state index in [9.17, 15) is 17.6 Å². The molecule has 1 aromatic carbocycles. The van der Waals surface area contributed by atoms with E-state index in [1.54, 1.807) is 0 Å². The Balaban J connectivity index is 1.66. The number of amides is 1. The van der Waals surface area contributed by atoms with Gasteiger partial charge in [-0.25, -0.2) is 12.8 Å². The molecule has 0 spiro atoms. The zero-order valence-corrected chi connectivity index (χ0v) is 14.0. The fourth-order valence-corrected chi connectivity index (χ4v) is 4.80. The molecule has 1 saturated carbocycles. The zero-order chi connectivity index (χ0) is 16.6. The van der Waals surface area contributed by atoms with Crippen molar-refractivity contribution in [3.05, 3.63) is 29.0 Å². The van der Waals surface area contributed by atoms with Crippen molar-refractivity contribution < 1.29 is 17.6 Å². The Morgan fingerprint density at radius 2 is 2.13 bits per heavy atom. The third-order valence-electron chi connectivity index (χ3n) is 4.30. The number of anilines is 1. The minimum Gasteiger partial charge on any atom is -0.322 e. The van der Waals surface area contributed by atoms with Gasteiger partial charge < -0.3 is 5.32 Å². The van der Waals surface area contributed by atoms with Crippen molar-refractivity contribution in [3.8, 4) is 0 Å². The third-order valence-corrected chi connectivity index (χ3v) is 6.19. The van der Waals surface area contributed by atoms with Gasteiger partial charge in [-0.15, -0.1) is 0 Å². The van der Waals surface area contributed by atoms with E-state index in [0.29, 0.717) is 17.5 Å². The molecule has 8 heteroatoms. The van der Waals surface area contributed by atoms with Gasteiger partial charge in [0.15, 0.2) is 9.84 Å². The fourth-order valence-electron chi connectivity index (χ4n) is 2.95. The Kier molecular flexibility index (Phi) is 4.62. The van der Waals surface area contributed by atoms with Crippen LogP contribution in [-0.4, -0.2) is 49.9 Å². The number of sulfone groups is 1. The summed E-state index contributed by atoms with van der Waals surface area (Å²) in [6.45, 7) is 0.400. The molecule has 1 aliphatic heterocycles. The maximum Gasteiger partial charge on any atom is 0.238 e.